The summed E-state index contributed by atoms with van der Waals surface area (Å²) in [4.78, 5) is 11.3. The van der Waals surface area contributed by atoms with Crippen LogP contribution < -0.4 is 5.73 Å². The van der Waals surface area contributed by atoms with E-state index >= 15 is 0 Å². The van der Waals surface area contributed by atoms with E-state index in [0.29, 0.717) is 5.56 Å². The second-order valence-electron chi connectivity index (χ2n) is 3.13. The second-order valence-corrected chi connectivity index (χ2v) is 3.13. The first-order chi connectivity index (χ1) is 7.16. The molecule has 1 rings (SSSR count). The Bertz CT molecular complexity index is 313. The van der Waals surface area contributed by atoms with E-state index in [0.717, 1.165) is 0 Å². The van der Waals surface area contributed by atoms with Gasteiger partial charge in [0.25, 0.3) is 0 Å². The Morgan fingerprint density at radius 2 is 2.07 bits per heavy atom. The molecule has 0 spiro atoms. The van der Waals surface area contributed by atoms with Gasteiger partial charge in [0.2, 0.25) is 0 Å². The Kier molecular flexibility index (Phi) is 4.27. The van der Waals surface area contributed by atoms with Gasteiger partial charge in [-0.2, -0.15) is 0 Å². The van der Waals surface area contributed by atoms with E-state index < -0.39 is 18.1 Å². The van der Waals surface area contributed by atoms with Crippen molar-refractivity contribution < 1.29 is 14.6 Å². The van der Waals surface area contributed by atoms with Crippen molar-refractivity contribution in [2.45, 2.75) is 19.1 Å². The summed E-state index contributed by atoms with van der Waals surface area (Å²) in [5.74, 6) is -0.589. The third-order valence-corrected chi connectivity index (χ3v) is 2.04. The van der Waals surface area contributed by atoms with Crippen LogP contribution in [0.1, 0.15) is 18.6 Å². The molecule has 0 bridgehead atoms. The van der Waals surface area contributed by atoms with E-state index in [1.165, 1.54) is 0 Å². The number of aliphatic hydroxyl groups excluding tert-OH is 1. The van der Waals surface area contributed by atoms with Crippen LogP contribution in [0.3, 0.4) is 0 Å². The van der Waals surface area contributed by atoms with Crippen molar-refractivity contribution in [3.05, 3.63) is 35.9 Å². The molecule has 0 aliphatic carbocycles. The monoisotopic (exact) mass is 209 g/mol. The average molecular weight is 209 g/mol. The number of hydrogen-bond donors (Lipinski definition) is 2. The highest BCUT2D eigenvalue weighted by Gasteiger charge is 2.24. The van der Waals surface area contributed by atoms with Crippen LogP contribution in [-0.4, -0.2) is 23.7 Å². The fourth-order valence-electron chi connectivity index (χ4n) is 1.22. The molecule has 0 fully saturated rings. The molecule has 82 valence electrons. The van der Waals surface area contributed by atoms with Crippen LogP contribution in [0.15, 0.2) is 30.3 Å². The summed E-state index contributed by atoms with van der Waals surface area (Å²) in [7, 11) is 0. The van der Waals surface area contributed by atoms with E-state index in [-0.39, 0.29) is 6.61 Å². The summed E-state index contributed by atoms with van der Waals surface area (Å²) in [5.41, 5.74) is 6.16. The third kappa shape index (κ3) is 3.04. The van der Waals surface area contributed by atoms with Crippen LogP contribution >= 0.6 is 0 Å². The van der Waals surface area contributed by atoms with Gasteiger partial charge in [-0.05, 0) is 12.5 Å². The second kappa shape index (κ2) is 5.48. The van der Waals surface area contributed by atoms with Crippen LogP contribution in [0.4, 0.5) is 0 Å². The zero-order valence-electron chi connectivity index (χ0n) is 8.59. The maximum Gasteiger partial charge on any atom is 0.325 e. The summed E-state index contributed by atoms with van der Waals surface area (Å²) in [6.45, 7) is 1.95. The van der Waals surface area contributed by atoms with Crippen molar-refractivity contribution in [3.8, 4) is 0 Å². The molecule has 1 aromatic rings. The Hall–Kier alpha value is -1.39. The van der Waals surface area contributed by atoms with Crippen LogP contribution in [0.25, 0.3) is 0 Å². The summed E-state index contributed by atoms with van der Waals surface area (Å²) >= 11 is 0. The van der Waals surface area contributed by atoms with Gasteiger partial charge in [-0.1, -0.05) is 30.3 Å². The lowest BCUT2D eigenvalue weighted by atomic mass is 10.0. The van der Waals surface area contributed by atoms with Gasteiger partial charge in [0.15, 0.2) is 0 Å². The molecule has 0 saturated heterocycles. The number of ether oxygens (including phenoxy) is 1. The maximum absolute atomic E-state index is 11.3. The number of carbonyl (C=O) groups is 1. The molecule has 4 heteroatoms. The Labute approximate surface area is 88.7 Å². The maximum atomic E-state index is 11.3. The molecule has 0 aromatic heterocycles. The molecular formula is C11H15NO3. The van der Waals surface area contributed by atoms with Gasteiger partial charge >= 0.3 is 5.97 Å². The van der Waals surface area contributed by atoms with Gasteiger partial charge in [-0.3, -0.25) is 4.79 Å². The molecule has 2 unspecified atom stereocenters. The molecule has 0 radical (unpaired) electrons. The molecule has 1 aromatic carbocycles. The van der Waals surface area contributed by atoms with Crippen molar-refractivity contribution in [3.63, 3.8) is 0 Å². The SMILES string of the molecule is CCOC(=O)C(N)C(O)c1ccccc1. The molecule has 0 saturated carbocycles. The minimum Gasteiger partial charge on any atom is -0.465 e. The molecular weight excluding hydrogens is 194 g/mol. The topological polar surface area (TPSA) is 72.5 Å². The summed E-state index contributed by atoms with van der Waals surface area (Å²) in [6.07, 6.45) is -1.02. The molecule has 0 amide bonds. The van der Waals surface area contributed by atoms with Crippen LogP contribution in [0.5, 0.6) is 0 Å². The van der Waals surface area contributed by atoms with Gasteiger partial charge in [0.05, 0.1) is 6.61 Å². The lowest BCUT2D eigenvalue weighted by Gasteiger charge is -2.17. The van der Waals surface area contributed by atoms with Crippen LogP contribution in [0.2, 0.25) is 0 Å². The summed E-state index contributed by atoms with van der Waals surface area (Å²) in [6, 6.07) is 7.76. The highest BCUT2D eigenvalue weighted by atomic mass is 16.5. The Morgan fingerprint density at radius 3 is 2.60 bits per heavy atom. The quantitative estimate of drug-likeness (QED) is 0.713. The van der Waals surface area contributed by atoms with Gasteiger partial charge in [0.1, 0.15) is 12.1 Å². The van der Waals surface area contributed by atoms with Gasteiger partial charge in [-0.15, -0.1) is 0 Å². The molecule has 0 aliphatic rings. The van der Waals surface area contributed by atoms with E-state index in [1.54, 1.807) is 31.2 Å². The Balaban J connectivity index is 2.68. The normalized spacial score (nSPS) is 14.3. The number of nitrogens with two attached hydrogens (primary N) is 1. The van der Waals surface area contributed by atoms with Crippen LogP contribution in [0, 0.1) is 0 Å². The van der Waals surface area contributed by atoms with E-state index in [2.05, 4.69) is 0 Å². The summed E-state index contributed by atoms with van der Waals surface area (Å²) < 4.78 is 4.72. The number of esters is 1. The first kappa shape index (κ1) is 11.7. The zero-order chi connectivity index (χ0) is 11.3. The van der Waals surface area contributed by atoms with Crippen molar-refractivity contribution in [1.82, 2.24) is 0 Å². The minimum atomic E-state index is -1.03. The molecule has 0 heterocycles. The summed E-state index contributed by atoms with van der Waals surface area (Å²) in [5, 5.41) is 9.76. The third-order valence-electron chi connectivity index (χ3n) is 2.04. The van der Waals surface area contributed by atoms with E-state index in [9.17, 15) is 9.90 Å². The molecule has 3 N–H and O–H groups in total. The van der Waals surface area contributed by atoms with E-state index in [1.807, 2.05) is 6.07 Å². The lowest BCUT2D eigenvalue weighted by Crippen LogP contribution is -2.38. The first-order valence-corrected chi connectivity index (χ1v) is 4.82. The largest absolute Gasteiger partial charge is 0.465 e. The number of benzene rings is 1. The Morgan fingerprint density at radius 1 is 1.47 bits per heavy atom. The number of rotatable bonds is 4. The predicted octanol–water partition coefficient (Wildman–Crippen LogP) is 0.610. The van der Waals surface area contributed by atoms with Gasteiger partial charge in [0, 0.05) is 0 Å². The van der Waals surface area contributed by atoms with Gasteiger partial charge in [-0.25, -0.2) is 0 Å². The van der Waals surface area contributed by atoms with Crippen LogP contribution in [-0.2, 0) is 9.53 Å². The predicted molar refractivity (Wildman–Crippen MR) is 56.0 cm³/mol. The number of aliphatic hydroxyl groups is 1. The molecule has 15 heavy (non-hydrogen) atoms. The fourth-order valence-corrected chi connectivity index (χ4v) is 1.22. The number of hydrogen-bond acceptors (Lipinski definition) is 4. The highest BCUT2D eigenvalue weighted by Crippen LogP contribution is 2.15. The highest BCUT2D eigenvalue weighted by molar-refractivity contribution is 5.76. The smallest absolute Gasteiger partial charge is 0.325 e. The van der Waals surface area contributed by atoms with Gasteiger partial charge < -0.3 is 15.6 Å². The molecule has 0 aliphatic heterocycles. The molecule has 2 atom stereocenters. The van der Waals surface area contributed by atoms with Crippen molar-refractivity contribution in [2.75, 3.05) is 6.61 Å². The standard InChI is InChI=1S/C11H15NO3/c1-2-15-11(14)9(12)10(13)8-6-4-3-5-7-8/h3-7,9-10,13H,2,12H2,1H3. The van der Waals surface area contributed by atoms with E-state index in [4.69, 9.17) is 10.5 Å². The zero-order valence-corrected chi connectivity index (χ0v) is 8.59. The first-order valence-electron chi connectivity index (χ1n) is 4.82. The van der Waals surface area contributed by atoms with Crippen molar-refractivity contribution in [2.24, 2.45) is 5.73 Å². The lowest BCUT2D eigenvalue weighted by molar-refractivity contribution is -0.147. The average Bonchev–Trinajstić information content (AvgIpc) is 2.28. The number of carbonyl (C=O) groups excluding carboxylic acids is 1. The van der Waals surface area contributed by atoms with Crippen molar-refractivity contribution >= 4 is 5.97 Å². The molecule has 4 nitrogen and oxygen atoms in total. The van der Waals surface area contributed by atoms with Crippen molar-refractivity contribution in [1.29, 1.82) is 0 Å². The minimum absolute atomic E-state index is 0.258. The fraction of sp³-hybridized carbons (Fsp3) is 0.364.